The zero-order valence-corrected chi connectivity index (χ0v) is 22.7. The number of hydrogen-bond donors (Lipinski definition) is 2. The first-order chi connectivity index (χ1) is 17.6. The summed E-state index contributed by atoms with van der Waals surface area (Å²) in [5.74, 6) is 0.885. The second-order valence-electron chi connectivity index (χ2n) is 9.36. The lowest BCUT2D eigenvalue weighted by molar-refractivity contribution is 0.488. The molecule has 192 valence electrons. The number of rotatable bonds is 7. The van der Waals surface area contributed by atoms with Gasteiger partial charge in [0, 0.05) is 23.3 Å². The quantitative estimate of drug-likeness (QED) is 0.322. The van der Waals surface area contributed by atoms with Crippen molar-refractivity contribution in [1.29, 1.82) is 0 Å². The molecule has 8 nitrogen and oxygen atoms in total. The van der Waals surface area contributed by atoms with E-state index in [1.54, 1.807) is 18.5 Å². The molecule has 0 saturated carbocycles. The Morgan fingerprint density at radius 3 is 2.57 bits per heavy atom. The van der Waals surface area contributed by atoms with Crippen LogP contribution in [0, 0.1) is 20.8 Å². The van der Waals surface area contributed by atoms with E-state index >= 15 is 0 Å². The summed E-state index contributed by atoms with van der Waals surface area (Å²) in [6.45, 7) is 6.72. The van der Waals surface area contributed by atoms with Crippen molar-refractivity contribution in [3.63, 3.8) is 0 Å². The number of nitrogens with zero attached hydrogens (tertiary/aromatic N) is 3. The van der Waals surface area contributed by atoms with Crippen LogP contribution in [0.25, 0.3) is 0 Å². The summed E-state index contributed by atoms with van der Waals surface area (Å²) in [7, 11) is -3.39. The number of thiocarbonyl (C=S) groups is 1. The zero-order valence-electron chi connectivity index (χ0n) is 21.1. The van der Waals surface area contributed by atoms with Gasteiger partial charge in [-0.05, 0) is 92.6 Å². The molecule has 0 amide bonds. The van der Waals surface area contributed by atoms with Crippen LogP contribution in [-0.2, 0) is 16.6 Å². The maximum atomic E-state index is 11.8. The van der Waals surface area contributed by atoms with Crippen LogP contribution in [0.15, 0.2) is 71.5 Å². The van der Waals surface area contributed by atoms with Crippen LogP contribution in [0.2, 0.25) is 0 Å². The smallest absolute Gasteiger partial charge is 0.229 e. The molecule has 0 radical (unpaired) electrons. The number of furan rings is 1. The first-order valence-electron chi connectivity index (χ1n) is 11.9. The number of sulfonamides is 1. The van der Waals surface area contributed by atoms with E-state index < -0.39 is 10.0 Å². The molecular formula is C27H29N5O3S2. The van der Waals surface area contributed by atoms with E-state index in [4.69, 9.17) is 16.6 Å². The van der Waals surface area contributed by atoms with Gasteiger partial charge in [0.05, 0.1) is 42.5 Å². The number of aryl methyl sites for hydroxylation is 2. The first-order valence-corrected chi connectivity index (χ1v) is 14.2. The number of hydrogen-bond acceptors (Lipinski definition) is 5. The van der Waals surface area contributed by atoms with E-state index in [0.29, 0.717) is 17.3 Å². The molecule has 1 aliphatic heterocycles. The maximum Gasteiger partial charge on any atom is 0.229 e. The Kier molecular flexibility index (Phi) is 6.55. The Morgan fingerprint density at radius 1 is 1.11 bits per heavy atom. The summed E-state index contributed by atoms with van der Waals surface area (Å²) in [4.78, 5) is 6.75. The van der Waals surface area contributed by atoms with Gasteiger partial charge in [-0.25, -0.2) is 8.42 Å². The Balaban J connectivity index is 1.61. The number of nitrogens with one attached hydrogen (secondary N) is 2. The highest BCUT2D eigenvalue weighted by molar-refractivity contribution is 7.92. The van der Waals surface area contributed by atoms with Crippen molar-refractivity contribution in [3.05, 3.63) is 101 Å². The van der Waals surface area contributed by atoms with Crippen LogP contribution < -0.4 is 14.9 Å². The summed E-state index contributed by atoms with van der Waals surface area (Å²) >= 11 is 5.87. The highest BCUT2D eigenvalue weighted by atomic mass is 32.2. The number of aromatic nitrogens is 2. The lowest BCUT2D eigenvalue weighted by Gasteiger charge is -2.29. The van der Waals surface area contributed by atoms with Gasteiger partial charge in [0.1, 0.15) is 5.76 Å². The number of pyridine rings is 1. The molecule has 2 atom stereocenters. The van der Waals surface area contributed by atoms with E-state index in [1.807, 2.05) is 49.4 Å². The van der Waals surface area contributed by atoms with Crippen molar-refractivity contribution >= 4 is 38.7 Å². The molecular weight excluding hydrogens is 506 g/mol. The highest BCUT2D eigenvalue weighted by Gasteiger charge is 2.42. The molecule has 0 spiro atoms. The SMILES string of the molecule is Cc1cc(N2C(=S)N[C@H](c3ccccn3)[C@@H]2c2cc(C)n(Cc3ccco3)c2C)ccc1NS(C)(=O)=O. The van der Waals surface area contributed by atoms with Crippen LogP contribution in [0.5, 0.6) is 0 Å². The van der Waals surface area contributed by atoms with Gasteiger partial charge in [-0.1, -0.05) is 6.07 Å². The standard InChI is InChI=1S/C27H29N5O3S2/c1-17-14-20(10-11-23(17)30-37(4,33)34)32-26(25(29-27(32)36)24-9-5-6-12-28-24)22-15-18(2)31(19(22)3)16-21-8-7-13-35-21/h5-15,25-26,30H,16H2,1-4H3,(H,29,36)/t25-,26+/m1/s1. The van der Waals surface area contributed by atoms with Crippen molar-refractivity contribution in [2.75, 3.05) is 15.9 Å². The molecule has 0 unspecified atom stereocenters. The minimum atomic E-state index is -3.39. The molecule has 1 saturated heterocycles. The monoisotopic (exact) mass is 535 g/mol. The number of anilines is 2. The molecule has 5 rings (SSSR count). The Bertz CT molecular complexity index is 1550. The number of benzene rings is 1. The maximum absolute atomic E-state index is 11.8. The molecule has 10 heteroatoms. The van der Waals surface area contributed by atoms with E-state index in [2.05, 4.69) is 44.4 Å². The third kappa shape index (κ3) is 4.99. The predicted octanol–water partition coefficient (Wildman–Crippen LogP) is 5.00. The lowest BCUT2D eigenvalue weighted by atomic mass is 9.96. The van der Waals surface area contributed by atoms with Crippen molar-refractivity contribution in [3.8, 4) is 0 Å². The van der Waals surface area contributed by atoms with Crippen molar-refractivity contribution < 1.29 is 12.8 Å². The fourth-order valence-electron chi connectivity index (χ4n) is 4.99. The summed E-state index contributed by atoms with van der Waals surface area (Å²) in [6, 6.07) is 17.2. The summed E-state index contributed by atoms with van der Waals surface area (Å²) in [5, 5.41) is 4.08. The molecule has 1 fully saturated rings. The van der Waals surface area contributed by atoms with Crippen molar-refractivity contribution in [1.82, 2.24) is 14.9 Å². The van der Waals surface area contributed by atoms with E-state index in [9.17, 15) is 8.42 Å². The average molecular weight is 536 g/mol. The molecule has 4 aromatic rings. The fraction of sp³-hybridized carbons (Fsp3) is 0.259. The summed E-state index contributed by atoms with van der Waals surface area (Å²) in [5.41, 5.74) is 6.46. The van der Waals surface area contributed by atoms with Gasteiger partial charge >= 0.3 is 0 Å². The van der Waals surface area contributed by atoms with E-state index in [1.165, 1.54) is 0 Å². The van der Waals surface area contributed by atoms with Gasteiger partial charge in [-0.15, -0.1) is 0 Å². The second-order valence-corrected chi connectivity index (χ2v) is 11.5. The highest BCUT2D eigenvalue weighted by Crippen LogP contribution is 2.44. The minimum absolute atomic E-state index is 0.174. The second kappa shape index (κ2) is 9.68. The predicted molar refractivity (Wildman–Crippen MR) is 149 cm³/mol. The molecule has 1 aliphatic rings. The molecule has 0 aliphatic carbocycles. The van der Waals surface area contributed by atoms with Crippen LogP contribution in [0.1, 0.15) is 46.1 Å². The Labute approximate surface area is 222 Å². The van der Waals surface area contributed by atoms with Crippen LogP contribution >= 0.6 is 12.2 Å². The fourth-order valence-corrected chi connectivity index (χ4v) is 5.96. The molecule has 2 N–H and O–H groups in total. The van der Waals surface area contributed by atoms with Crippen LogP contribution in [-0.4, -0.2) is 29.3 Å². The van der Waals surface area contributed by atoms with Gasteiger partial charge in [0.15, 0.2) is 5.11 Å². The Hall–Kier alpha value is -3.63. The van der Waals surface area contributed by atoms with Gasteiger partial charge in [-0.2, -0.15) is 0 Å². The summed E-state index contributed by atoms with van der Waals surface area (Å²) in [6.07, 6.45) is 4.62. The van der Waals surface area contributed by atoms with Crippen LogP contribution in [0.4, 0.5) is 11.4 Å². The molecule has 37 heavy (non-hydrogen) atoms. The summed E-state index contributed by atoms with van der Waals surface area (Å²) < 4.78 is 34.0. The van der Waals surface area contributed by atoms with Crippen molar-refractivity contribution in [2.45, 2.75) is 39.4 Å². The zero-order chi connectivity index (χ0) is 26.3. The third-order valence-electron chi connectivity index (χ3n) is 6.71. The lowest BCUT2D eigenvalue weighted by Crippen LogP contribution is -2.29. The van der Waals surface area contributed by atoms with Crippen molar-refractivity contribution in [2.24, 2.45) is 0 Å². The van der Waals surface area contributed by atoms with E-state index in [0.717, 1.165) is 45.9 Å². The van der Waals surface area contributed by atoms with E-state index in [-0.39, 0.29) is 12.1 Å². The van der Waals surface area contributed by atoms with Gasteiger partial charge in [-0.3, -0.25) is 9.71 Å². The first kappa shape index (κ1) is 25.0. The molecule has 0 bridgehead atoms. The Morgan fingerprint density at radius 2 is 1.92 bits per heavy atom. The van der Waals surface area contributed by atoms with Gasteiger partial charge < -0.3 is 19.2 Å². The molecule has 3 aromatic heterocycles. The van der Waals surface area contributed by atoms with Gasteiger partial charge in [0.25, 0.3) is 0 Å². The topological polar surface area (TPSA) is 92.4 Å². The molecule has 4 heterocycles. The van der Waals surface area contributed by atoms with Gasteiger partial charge in [0.2, 0.25) is 10.0 Å². The molecule has 1 aromatic carbocycles. The minimum Gasteiger partial charge on any atom is -0.467 e. The average Bonchev–Trinajstić information content (AvgIpc) is 3.55. The normalized spacial score (nSPS) is 17.7. The van der Waals surface area contributed by atoms with Crippen LogP contribution in [0.3, 0.4) is 0 Å². The third-order valence-corrected chi connectivity index (χ3v) is 7.61. The largest absolute Gasteiger partial charge is 0.467 e.